The van der Waals surface area contributed by atoms with Crippen molar-refractivity contribution in [3.63, 3.8) is 0 Å². The highest BCUT2D eigenvalue weighted by molar-refractivity contribution is 5.24. The van der Waals surface area contributed by atoms with Crippen molar-refractivity contribution in [2.24, 2.45) is 0 Å². The molecule has 2 rings (SSSR count). The van der Waals surface area contributed by atoms with Gasteiger partial charge in [0.2, 0.25) is 0 Å². The Bertz CT molecular complexity index is 401. The molecule has 3 nitrogen and oxygen atoms in total. The second kappa shape index (κ2) is 6.11. The molecule has 1 N–H and O–H groups in total. The van der Waals surface area contributed by atoms with Gasteiger partial charge in [-0.15, -0.1) is 0 Å². The molecule has 100 valence electrons. The van der Waals surface area contributed by atoms with Crippen molar-refractivity contribution < 1.29 is 18.3 Å². The van der Waals surface area contributed by atoms with Gasteiger partial charge in [-0.25, -0.2) is 8.78 Å². The first-order valence-corrected chi connectivity index (χ1v) is 6.07. The van der Waals surface area contributed by atoms with Gasteiger partial charge >= 0.3 is 0 Å². The highest BCUT2D eigenvalue weighted by Crippen LogP contribution is 2.22. The lowest BCUT2D eigenvalue weighted by Gasteiger charge is -2.14. The summed E-state index contributed by atoms with van der Waals surface area (Å²) in [6.07, 6.45) is 2.05. The van der Waals surface area contributed by atoms with Gasteiger partial charge in [-0.05, 0) is 32.0 Å². The van der Waals surface area contributed by atoms with Gasteiger partial charge in [0.05, 0.1) is 12.2 Å². The SMILES string of the molecule is CNCC1CCC(COc2ccc(F)cc2F)O1. The zero-order chi connectivity index (χ0) is 13.0. The Morgan fingerprint density at radius 3 is 2.83 bits per heavy atom. The summed E-state index contributed by atoms with van der Waals surface area (Å²) in [5.41, 5.74) is 0. The average molecular weight is 257 g/mol. The van der Waals surface area contributed by atoms with Crippen molar-refractivity contribution in [1.29, 1.82) is 0 Å². The van der Waals surface area contributed by atoms with Crippen molar-refractivity contribution in [3.8, 4) is 5.75 Å². The molecule has 5 heteroatoms. The van der Waals surface area contributed by atoms with Crippen LogP contribution in [0.4, 0.5) is 8.78 Å². The molecule has 0 aliphatic carbocycles. The van der Waals surface area contributed by atoms with Gasteiger partial charge in [0.25, 0.3) is 0 Å². The van der Waals surface area contributed by atoms with Crippen LogP contribution in [0.15, 0.2) is 18.2 Å². The van der Waals surface area contributed by atoms with E-state index in [2.05, 4.69) is 5.32 Å². The monoisotopic (exact) mass is 257 g/mol. The predicted molar refractivity (Wildman–Crippen MR) is 63.7 cm³/mol. The molecule has 0 amide bonds. The molecule has 2 unspecified atom stereocenters. The van der Waals surface area contributed by atoms with Crippen LogP contribution in [-0.2, 0) is 4.74 Å². The maximum atomic E-state index is 13.3. The largest absolute Gasteiger partial charge is 0.488 e. The summed E-state index contributed by atoms with van der Waals surface area (Å²) in [7, 11) is 1.88. The lowest BCUT2D eigenvalue weighted by atomic mass is 10.2. The van der Waals surface area contributed by atoms with Crippen LogP contribution in [0.2, 0.25) is 0 Å². The number of halogens is 2. The maximum Gasteiger partial charge on any atom is 0.167 e. The molecule has 18 heavy (non-hydrogen) atoms. The molecule has 0 spiro atoms. The van der Waals surface area contributed by atoms with Crippen LogP contribution in [0.5, 0.6) is 5.75 Å². The minimum atomic E-state index is -0.681. The van der Waals surface area contributed by atoms with Gasteiger partial charge in [0.15, 0.2) is 11.6 Å². The quantitative estimate of drug-likeness (QED) is 0.876. The average Bonchev–Trinajstić information content (AvgIpc) is 2.76. The summed E-state index contributed by atoms with van der Waals surface area (Å²) in [6, 6.07) is 3.29. The summed E-state index contributed by atoms with van der Waals surface area (Å²) < 4.78 is 37.0. The third-order valence-electron chi connectivity index (χ3n) is 2.95. The van der Waals surface area contributed by atoms with Crippen molar-refractivity contribution in [2.45, 2.75) is 25.0 Å². The fourth-order valence-electron chi connectivity index (χ4n) is 2.06. The first-order valence-electron chi connectivity index (χ1n) is 6.07. The highest BCUT2D eigenvalue weighted by atomic mass is 19.1. The molecule has 0 saturated carbocycles. The molecule has 1 aromatic carbocycles. The summed E-state index contributed by atoms with van der Waals surface area (Å²) >= 11 is 0. The Labute approximate surface area is 105 Å². The Balaban J connectivity index is 1.81. The Morgan fingerprint density at radius 1 is 1.33 bits per heavy atom. The Morgan fingerprint density at radius 2 is 2.11 bits per heavy atom. The van der Waals surface area contributed by atoms with E-state index in [4.69, 9.17) is 9.47 Å². The Kier molecular flexibility index (Phi) is 4.49. The zero-order valence-electron chi connectivity index (χ0n) is 10.3. The highest BCUT2D eigenvalue weighted by Gasteiger charge is 2.25. The number of rotatable bonds is 5. The van der Waals surface area contributed by atoms with E-state index in [1.54, 1.807) is 0 Å². The predicted octanol–water partition coefficient (Wildman–Crippen LogP) is 2.11. The molecule has 1 aliphatic rings. The minimum absolute atomic E-state index is 0.0206. The van der Waals surface area contributed by atoms with Crippen LogP contribution in [0.25, 0.3) is 0 Å². The number of benzene rings is 1. The number of hydrogen-bond acceptors (Lipinski definition) is 3. The molecule has 1 aromatic rings. The van der Waals surface area contributed by atoms with Gasteiger partial charge in [-0.3, -0.25) is 0 Å². The van der Waals surface area contributed by atoms with E-state index in [9.17, 15) is 8.78 Å². The maximum absolute atomic E-state index is 13.3. The van der Waals surface area contributed by atoms with Crippen LogP contribution in [0, 0.1) is 11.6 Å². The number of nitrogens with one attached hydrogen (secondary N) is 1. The first kappa shape index (κ1) is 13.2. The number of ether oxygens (including phenoxy) is 2. The standard InChI is InChI=1S/C13H17F2NO2/c1-16-7-10-3-4-11(18-10)8-17-13-5-2-9(14)6-12(13)15/h2,5-6,10-11,16H,3-4,7-8H2,1H3. The van der Waals surface area contributed by atoms with Crippen LogP contribution < -0.4 is 10.1 Å². The van der Waals surface area contributed by atoms with Crippen molar-refractivity contribution >= 4 is 0 Å². The molecular weight excluding hydrogens is 240 g/mol. The molecule has 1 fully saturated rings. The third kappa shape index (κ3) is 3.40. The van der Waals surface area contributed by atoms with Crippen molar-refractivity contribution in [1.82, 2.24) is 5.32 Å². The topological polar surface area (TPSA) is 30.5 Å². The minimum Gasteiger partial charge on any atom is -0.488 e. The molecule has 1 saturated heterocycles. The van der Waals surface area contributed by atoms with E-state index in [0.717, 1.165) is 25.5 Å². The van der Waals surface area contributed by atoms with E-state index in [0.29, 0.717) is 6.61 Å². The van der Waals surface area contributed by atoms with Gasteiger partial charge in [-0.2, -0.15) is 0 Å². The number of likely N-dealkylation sites (N-methyl/N-ethyl adjacent to an activating group) is 1. The second-order valence-electron chi connectivity index (χ2n) is 4.40. The first-order chi connectivity index (χ1) is 8.69. The summed E-state index contributed by atoms with van der Waals surface area (Å²) in [6.45, 7) is 1.10. The van der Waals surface area contributed by atoms with Crippen LogP contribution in [0.3, 0.4) is 0 Å². The second-order valence-corrected chi connectivity index (χ2v) is 4.40. The summed E-state index contributed by atoms with van der Waals surface area (Å²) in [5.74, 6) is -1.22. The lowest BCUT2D eigenvalue weighted by molar-refractivity contribution is 0.0186. The van der Waals surface area contributed by atoms with Crippen LogP contribution in [-0.4, -0.2) is 32.4 Å². The lowest BCUT2D eigenvalue weighted by Crippen LogP contribution is -2.26. The van der Waals surface area contributed by atoms with Crippen LogP contribution in [0.1, 0.15) is 12.8 Å². The van der Waals surface area contributed by atoms with Gasteiger partial charge in [-0.1, -0.05) is 0 Å². The van der Waals surface area contributed by atoms with E-state index in [-0.39, 0.29) is 18.0 Å². The van der Waals surface area contributed by atoms with Gasteiger partial charge < -0.3 is 14.8 Å². The fourth-order valence-corrected chi connectivity index (χ4v) is 2.06. The molecule has 1 heterocycles. The van der Waals surface area contributed by atoms with Gasteiger partial charge in [0.1, 0.15) is 12.4 Å². The zero-order valence-corrected chi connectivity index (χ0v) is 10.3. The molecule has 0 aromatic heterocycles. The van der Waals surface area contributed by atoms with E-state index < -0.39 is 11.6 Å². The summed E-state index contributed by atoms with van der Waals surface area (Å²) in [4.78, 5) is 0. The van der Waals surface area contributed by atoms with Crippen LogP contribution >= 0.6 is 0 Å². The molecule has 1 aliphatic heterocycles. The molecule has 2 atom stereocenters. The van der Waals surface area contributed by atoms with E-state index >= 15 is 0 Å². The Hall–Kier alpha value is -1.20. The molecule has 0 radical (unpaired) electrons. The fraction of sp³-hybridized carbons (Fsp3) is 0.538. The molecule has 0 bridgehead atoms. The van der Waals surface area contributed by atoms with Gasteiger partial charge in [0, 0.05) is 12.6 Å². The van der Waals surface area contributed by atoms with Crippen molar-refractivity contribution in [3.05, 3.63) is 29.8 Å². The normalized spacial score (nSPS) is 23.3. The third-order valence-corrected chi connectivity index (χ3v) is 2.95. The smallest absolute Gasteiger partial charge is 0.167 e. The molecular formula is C13H17F2NO2. The van der Waals surface area contributed by atoms with E-state index in [1.807, 2.05) is 7.05 Å². The number of hydrogen-bond donors (Lipinski definition) is 1. The van der Waals surface area contributed by atoms with E-state index in [1.165, 1.54) is 12.1 Å². The summed E-state index contributed by atoms with van der Waals surface area (Å²) in [5, 5.41) is 3.05. The van der Waals surface area contributed by atoms with Crippen molar-refractivity contribution in [2.75, 3.05) is 20.2 Å².